The number of carbonyl (C=O) groups excluding carboxylic acids is 1. The Labute approximate surface area is 177 Å². The van der Waals surface area contributed by atoms with Gasteiger partial charge in [-0.05, 0) is 29.7 Å². The van der Waals surface area contributed by atoms with Crippen LogP contribution < -0.4 is 14.8 Å². The molecule has 3 aromatic carbocycles. The van der Waals surface area contributed by atoms with Gasteiger partial charge in [-0.3, -0.25) is 4.79 Å². The Morgan fingerprint density at radius 1 is 0.933 bits per heavy atom. The molecule has 1 heterocycles. The van der Waals surface area contributed by atoms with Crippen molar-refractivity contribution in [3.63, 3.8) is 0 Å². The molecule has 1 aliphatic rings. The van der Waals surface area contributed by atoms with Crippen LogP contribution in [0.4, 0.5) is 0 Å². The average Bonchev–Trinajstić information content (AvgIpc) is 2.76. The van der Waals surface area contributed by atoms with Crippen LogP contribution >= 0.6 is 0 Å². The van der Waals surface area contributed by atoms with E-state index in [0.717, 1.165) is 28.4 Å². The van der Waals surface area contributed by atoms with Crippen molar-refractivity contribution in [3.05, 3.63) is 89.5 Å². The van der Waals surface area contributed by atoms with E-state index in [2.05, 4.69) is 25.2 Å². The largest absolute Gasteiger partial charge is 0.491 e. The number of carbonyl (C=O) groups is 1. The molecule has 4 rings (SSSR count). The number of hydrogen-bond donors (Lipinski definition) is 1. The van der Waals surface area contributed by atoms with Gasteiger partial charge in [0.1, 0.15) is 23.9 Å². The van der Waals surface area contributed by atoms with Crippen molar-refractivity contribution in [2.45, 2.75) is 32.1 Å². The van der Waals surface area contributed by atoms with Gasteiger partial charge in [0.25, 0.3) is 0 Å². The molecule has 0 fully saturated rings. The van der Waals surface area contributed by atoms with E-state index in [1.54, 1.807) is 0 Å². The summed E-state index contributed by atoms with van der Waals surface area (Å²) in [6, 6.07) is 23.9. The number of nitrogens with one attached hydrogen (secondary N) is 1. The number of para-hydroxylation sites is 3. The van der Waals surface area contributed by atoms with Gasteiger partial charge in [0, 0.05) is 23.5 Å². The smallest absolute Gasteiger partial charge is 0.221 e. The summed E-state index contributed by atoms with van der Waals surface area (Å²) in [6.45, 7) is 5.20. The minimum absolute atomic E-state index is 0.00671. The summed E-state index contributed by atoms with van der Waals surface area (Å²) < 4.78 is 11.9. The van der Waals surface area contributed by atoms with Crippen molar-refractivity contribution in [3.8, 4) is 17.2 Å². The normalized spacial score (nSPS) is 12.6. The molecule has 154 valence electrons. The first-order valence-electron chi connectivity index (χ1n) is 10.5. The van der Waals surface area contributed by atoms with Gasteiger partial charge in [0.2, 0.25) is 5.91 Å². The zero-order valence-electron chi connectivity index (χ0n) is 17.4. The van der Waals surface area contributed by atoms with E-state index in [-0.39, 0.29) is 11.8 Å². The summed E-state index contributed by atoms with van der Waals surface area (Å²) in [5, 5.41) is 3.01. The Morgan fingerprint density at radius 2 is 1.53 bits per heavy atom. The molecule has 30 heavy (non-hydrogen) atoms. The molecule has 0 saturated carbocycles. The number of benzene rings is 3. The third-order valence-electron chi connectivity index (χ3n) is 5.42. The fourth-order valence-electron chi connectivity index (χ4n) is 3.93. The summed E-state index contributed by atoms with van der Waals surface area (Å²) in [7, 11) is 0. The lowest BCUT2D eigenvalue weighted by Crippen LogP contribution is -2.30. The maximum atomic E-state index is 12.7. The zero-order chi connectivity index (χ0) is 20.9. The monoisotopic (exact) mass is 401 g/mol. The highest BCUT2D eigenvalue weighted by atomic mass is 16.5. The van der Waals surface area contributed by atoms with Gasteiger partial charge in [-0.25, -0.2) is 0 Å². The van der Waals surface area contributed by atoms with Crippen LogP contribution in [-0.2, 0) is 4.79 Å². The Balaban J connectivity index is 1.37. The Morgan fingerprint density at radius 3 is 2.20 bits per heavy atom. The molecule has 0 saturated heterocycles. The molecule has 1 aliphatic heterocycles. The minimum Gasteiger partial charge on any atom is -0.491 e. The van der Waals surface area contributed by atoms with E-state index in [1.165, 1.54) is 5.56 Å². The molecule has 4 heteroatoms. The molecule has 0 radical (unpaired) electrons. The van der Waals surface area contributed by atoms with Crippen molar-refractivity contribution in [1.29, 1.82) is 0 Å². The molecule has 0 atom stereocenters. The van der Waals surface area contributed by atoms with Crippen LogP contribution in [0.15, 0.2) is 72.8 Å². The second-order valence-corrected chi connectivity index (χ2v) is 7.83. The van der Waals surface area contributed by atoms with Gasteiger partial charge in [-0.1, -0.05) is 68.4 Å². The quantitative estimate of drug-likeness (QED) is 0.522. The lowest BCUT2D eigenvalue weighted by atomic mass is 9.85. The fourth-order valence-corrected chi connectivity index (χ4v) is 3.93. The van der Waals surface area contributed by atoms with E-state index in [9.17, 15) is 4.79 Å². The molecule has 0 aliphatic carbocycles. The van der Waals surface area contributed by atoms with Gasteiger partial charge >= 0.3 is 0 Å². The SMILES string of the molecule is CC(C)c1ccccc1OCCNC(=O)CC1c2ccccc2Oc2ccccc21. The molecular weight excluding hydrogens is 374 g/mol. The third-order valence-corrected chi connectivity index (χ3v) is 5.42. The van der Waals surface area contributed by atoms with Gasteiger partial charge in [-0.15, -0.1) is 0 Å². The van der Waals surface area contributed by atoms with Crippen LogP contribution in [0.2, 0.25) is 0 Å². The Kier molecular flexibility index (Phi) is 6.03. The average molecular weight is 402 g/mol. The van der Waals surface area contributed by atoms with Crippen LogP contribution in [-0.4, -0.2) is 19.1 Å². The molecule has 0 aromatic heterocycles. The predicted molar refractivity (Wildman–Crippen MR) is 118 cm³/mol. The highest BCUT2D eigenvalue weighted by molar-refractivity contribution is 5.78. The summed E-state index contributed by atoms with van der Waals surface area (Å²) in [5.74, 6) is 2.91. The van der Waals surface area contributed by atoms with E-state index in [4.69, 9.17) is 9.47 Å². The molecule has 4 nitrogen and oxygen atoms in total. The summed E-state index contributed by atoms with van der Waals surface area (Å²) in [6.07, 6.45) is 0.375. The molecular formula is C26H27NO3. The fraction of sp³-hybridized carbons (Fsp3) is 0.269. The van der Waals surface area contributed by atoms with Crippen LogP contribution in [0.1, 0.15) is 48.8 Å². The van der Waals surface area contributed by atoms with Crippen molar-refractivity contribution in [2.24, 2.45) is 0 Å². The highest BCUT2D eigenvalue weighted by Crippen LogP contribution is 2.45. The number of rotatable bonds is 7. The summed E-state index contributed by atoms with van der Waals surface area (Å²) in [4.78, 5) is 12.7. The maximum Gasteiger partial charge on any atom is 0.221 e. The van der Waals surface area contributed by atoms with Crippen molar-refractivity contribution < 1.29 is 14.3 Å². The maximum absolute atomic E-state index is 12.7. The van der Waals surface area contributed by atoms with E-state index in [1.807, 2.05) is 66.7 Å². The minimum atomic E-state index is -0.0197. The molecule has 3 aromatic rings. The van der Waals surface area contributed by atoms with Crippen LogP contribution in [0.5, 0.6) is 17.2 Å². The molecule has 1 amide bonds. The molecule has 0 bridgehead atoms. The number of hydrogen-bond acceptors (Lipinski definition) is 3. The Hall–Kier alpha value is -3.27. The van der Waals surface area contributed by atoms with Crippen LogP contribution in [0.25, 0.3) is 0 Å². The molecule has 1 N–H and O–H groups in total. The van der Waals surface area contributed by atoms with Gasteiger partial charge < -0.3 is 14.8 Å². The van der Waals surface area contributed by atoms with Crippen molar-refractivity contribution in [1.82, 2.24) is 5.32 Å². The number of ether oxygens (including phenoxy) is 2. The second-order valence-electron chi connectivity index (χ2n) is 7.83. The first kappa shape index (κ1) is 20.0. The lowest BCUT2D eigenvalue weighted by Gasteiger charge is -2.27. The highest BCUT2D eigenvalue weighted by Gasteiger charge is 2.28. The zero-order valence-corrected chi connectivity index (χ0v) is 17.4. The van der Waals surface area contributed by atoms with Gasteiger partial charge in [0.15, 0.2) is 0 Å². The van der Waals surface area contributed by atoms with E-state index >= 15 is 0 Å². The Bertz CT molecular complexity index is 983. The topological polar surface area (TPSA) is 47.6 Å². The summed E-state index contributed by atoms with van der Waals surface area (Å²) in [5.41, 5.74) is 3.28. The van der Waals surface area contributed by atoms with Crippen LogP contribution in [0.3, 0.4) is 0 Å². The van der Waals surface area contributed by atoms with Crippen molar-refractivity contribution >= 4 is 5.91 Å². The predicted octanol–water partition coefficient (Wildman–Crippen LogP) is 5.63. The first-order chi connectivity index (χ1) is 14.6. The van der Waals surface area contributed by atoms with Crippen molar-refractivity contribution in [2.75, 3.05) is 13.2 Å². The third kappa shape index (κ3) is 4.33. The van der Waals surface area contributed by atoms with Gasteiger partial charge in [0.05, 0.1) is 6.54 Å². The second kappa shape index (κ2) is 9.04. The molecule has 0 unspecified atom stereocenters. The van der Waals surface area contributed by atoms with Crippen LogP contribution in [0, 0.1) is 0 Å². The number of amides is 1. The molecule has 0 spiro atoms. The number of fused-ring (bicyclic) bond motifs is 2. The lowest BCUT2D eigenvalue weighted by molar-refractivity contribution is -0.121. The van der Waals surface area contributed by atoms with Gasteiger partial charge in [-0.2, -0.15) is 0 Å². The van der Waals surface area contributed by atoms with E-state index in [0.29, 0.717) is 25.5 Å². The first-order valence-corrected chi connectivity index (χ1v) is 10.5. The summed E-state index contributed by atoms with van der Waals surface area (Å²) >= 11 is 0. The standard InChI is InChI=1S/C26H27NO3/c1-18(2)19-9-3-6-12-23(19)29-16-15-27-26(28)17-22-20-10-4-7-13-24(20)30-25-14-8-5-11-21(22)25/h3-14,18,22H,15-17H2,1-2H3,(H,27,28). The van der Waals surface area contributed by atoms with E-state index < -0.39 is 0 Å².